The van der Waals surface area contributed by atoms with Gasteiger partial charge in [-0.15, -0.1) is 0 Å². The van der Waals surface area contributed by atoms with Crippen molar-refractivity contribution in [2.75, 3.05) is 32.9 Å². The fourth-order valence-electron chi connectivity index (χ4n) is 2.96. The van der Waals surface area contributed by atoms with E-state index >= 15 is 0 Å². The first-order valence-corrected chi connectivity index (χ1v) is 10.6. The largest absolute Gasteiger partial charge is 0.483 e. The van der Waals surface area contributed by atoms with Gasteiger partial charge in [0.05, 0.1) is 17.7 Å². The molecule has 160 valence electrons. The number of nitrogens with one attached hydrogen (secondary N) is 1. The molecular formula is C23H22BrN3O4. The van der Waals surface area contributed by atoms with Crippen molar-refractivity contribution in [3.8, 4) is 11.8 Å². The van der Waals surface area contributed by atoms with E-state index in [1.54, 1.807) is 23.1 Å². The van der Waals surface area contributed by atoms with Crippen LogP contribution in [-0.2, 0) is 20.9 Å². The Bertz CT molecular complexity index is 996. The smallest absolute Gasteiger partial charge is 0.262 e. The maximum atomic E-state index is 12.3. The molecule has 0 aromatic heterocycles. The monoisotopic (exact) mass is 483 g/mol. The van der Waals surface area contributed by atoms with E-state index in [0.717, 1.165) is 5.56 Å². The molecule has 3 rings (SSSR count). The third kappa shape index (κ3) is 6.67. The predicted molar refractivity (Wildman–Crippen MR) is 119 cm³/mol. The number of rotatable bonds is 7. The number of carbonyl (C=O) groups excluding carboxylic acids is 2. The molecule has 2 aromatic rings. The Kier molecular flexibility index (Phi) is 8.21. The highest BCUT2D eigenvalue weighted by Gasteiger charge is 2.17. The zero-order chi connectivity index (χ0) is 22.1. The third-order valence-corrected chi connectivity index (χ3v) is 5.26. The fraction of sp³-hybridized carbons (Fsp3) is 0.261. The average Bonchev–Trinajstić information content (AvgIpc) is 2.81. The number of nitrogens with zero attached hydrogens (tertiary/aromatic N) is 2. The minimum atomic E-state index is -0.445. The van der Waals surface area contributed by atoms with E-state index in [1.807, 2.05) is 36.4 Å². The highest BCUT2D eigenvalue weighted by Crippen LogP contribution is 2.27. The predicted octanol–water partition coefficient (Wildman–Crippen LogP) is 2.91. The van der Waals surface area contributed by atoms with E-state index in [1.165, 1.54) is 6.08 Å². The number of morpholine rings is 1. The summed E-state index contributed by atoms with van der Waals surface area (Å²) in [6.45, 7) is 2.48. The quantitative estimate of drug-likeness (QED) is 0.482. The summed E-state index contributed by atoms with van der Waals surface area (Å²) < 4.78 is 11.5. The summed E-state index contributed by atoms with van der Waals surface area (Å²) in [5.74, 6) is -0.0364. The van der Waals surface area contributed by atoms with Crippen molar-refractivity contribution in [3.63, 3.8) is 0 Å². The van der Waals surface area contributed by atoms with E-state index in [0.29, 0.717) is 48.6 Å². The van der Waals surface area contributed by atoms with Crippen molar-refractivity contribution in [1.82, 2.24) is 10.2 Å². The Morgan fingerprint density at radius 3 is 2.61 bits per heavy atom. The van der Waals surface area contributed by atoms with Crippen molar-refractivity contribution in [3.05, 3.63) is 69.7 Å². The maximum absolute atomic E-state index is 12.3. The SMILES string of the molecule is N#C/C(=C/c1ccc(OCC(=O)N2CCOCC2)c(Br)c1)C(=O)NCc1ccccc1. The van der Waals surface area contributed by atoms with Gasteiger partial charge in [-0.2, -0.15) is 5.26 Å². The van der Waals surface area contributed by atoms with E-state index in [9.17, 15) is 14.9 Å². The molecule has 2 aromatic carbocycles. The number of benzene rings is 2. The lowest BCUT2D eigenvalue weighted by Gasteiger charge is -2.26. The Hall–Kier alpha value is -3.15. The molecule has 1 heterocycles. The van der Waals surface area contributed by atoms with Crippen LogP contribution in [0.2, 0.25) is 0 Å². The van der Waals surface area contributed by atoms with Gasteiger partial charge in [0, 0.05) is 19.6 Å². The number of nitriles is 1. The van der Waals surface area contributed by atoms with Gasteiger partial charge < -0.3 is 19.7 Å². The molecule has 0 radical (unpaired) electrons. The minimum absolute atomic E-state index is 0.000931. The summed E-state index contributed by atoms with van der Waals surface area (Å²) in [4.78, 5) is 26.3. The Balaban J connectivity index is 1.59. The van der Waals surface area contributed by atoms with Gasteiger partial charge in [-0.05, 0) is 45.3 Å². The number of halogens is 1. The zero-order valence-corrected chi connectivity index (χ0v) is 18.4. The molecule has 0 unspecified atom stereocenters. The van der Waals surface area contributed by atoms with Crippen LogP contribution in [0.4, 0.5) is 0 Å². The second-order valence-corrected chi connectivity index (χ2v) is 7.66. The number of hydrogen-bond donors (Lipinski definition) is 1. The van der Waals surface area contributed by atoms with Gasteiger partial charge in [0.1, 0.15) is 17.4 Å². The average molecular weight is 484 g/mol. The number of hydrogen-bond acceptors (Lipinski definition) is 5. The minimum Gasteiger partial charge on any atom is -0.483 e. The van der Waals surface area contributed by atoms with Crippen LogP contribution in [0.1, 0.15) is 11.1 Å². The van der Waals surface area contributed by atoms with Gasteiger partial charge in [0.2, 0.25) is 0 Å². The Morgan fingerprint density at radius 2 is 1.94 bits per heavy atom. The topological polar surface area (TPSA) is 91.7 Å². The number of carbonyl (C=O) groups is 2. The molecule has 2 amide bonds. The molecule has 0 spiro atoms. The molecule has 1 aliphatic rings. The lowest BCUT2D eigenvalue weighted by atomic mass is 10.1. The second-order valence-electron chi connectivity index (χ2n) is 6.81. The summed E-state index contributed by atoms with van der Waals surface area (Å²) in [7, 11) is 0. The van der Waals surface area contributed by atoms with Gasteiger partial charge in [-0.1, -0.05) is 36.4 Å². The third-order valence-electron chi connectivity index (χ3n) is 4.64. The van der Waals surface area contributed by atoms with Crippen LogP contribution >= 0.6 is 15.9 Å². The highest BCUT2D eigenvalue weighted by atomic mass is 79.9. The summed E-state index contributed by atoms with van der Waals surface area (Å²) in [6, 6.07) is 16.6. The zero-order valence-electron chi connectivity index (χ0n) is 16.8. The molecule has 0 aliphatic carbocycles. The molecular weight excluding hydrogens is 462 g/mol. The first kappa shape index (κ1) is 22.5. The molecule has 0 atom stereocenters. The van der Waals surface area contributed by atoms with E-state index < -0.39 is 5.91 Å². The Morgan fingerprint density at radius 1 is 1.19 bits per heavy atom. The number of ether oxygens (including phenoxy) is 2. The Labute approximate surface area is 189 Å². The van der Waals surface area contributed by atoms with Crippen LogP contribution in [0.25, 0.3) is 6.08 Å². The molecule has 1 saturated heterocycles. The van der Waals surface area contributed by atoms with Gasteiger partial charge >= 0.3 is 0 Å². The standard InChI is InChI=1S/C23H22BrN3O4/c24-20-13-18(6-7-21(20)31-16-22(28)27-8-10-30-11-9-27)12-19(14-25)23(29)26-15-17-4-2-1-3-5-17/h1-7,12-13H,8-11,15-16H2,(H,26,29)/b19-12-. The van der Waals surface area contributed by atoms with Gasteiger partial charge in [-0.25, -0.2) is 0 Å². The van der Waals surface area contributed by atoms with E-state index in [-0.39, 0.29) is 18.1 Å². The molecule has 0 saturated carbocycles. The highest BCUT2D eigenvalue weighted by molar-refractivity contribution is 9.10. The first-order chi connectivity index (χ1) is 15.1. The van der Waals surface area contributed by atoms with Gasteiger partial charge in [0.15, 0.2) is 6.61 Å². The fourth-order valence-corrected chi connectivity index (χ4v) is 3.47. The van der Waals surface area contributed by atoms with Crippen molar-refractivity contribution >= 4 is 33.8 Å². The van der Waals surface area contributed by atoms with Crippen molar-refractivity contribution in [1.29, 1.82) is 5.26 Å². The lowest BCUT2D eigenvalue weighted by molar-refractivity contribution is -0.137. The molecule has 1 N–H and O–H groups in total. The van der Waals surface area contributed by atoms with Crippen LogP contribution in [0, 0.1) is 11.3 Å². The second kappa shape index (κ2) is 11.3. The molecule has 1 fully saturated rings. The summed E-state index contributed by atoms with van der Waals surface area (Å²) in [5.41, 5.74) is 1.60. The van der Waals surface area contributed by atoms with Crippen molar-refractivity contribution in [2.24, 2.45) is 0 Å². The summed E-state index contributed by atoms with van der Waals surface area (Å²) in [5, 5.41) is 12.1. The lowest BCUT2D eigenvalue weighted by Crippen LogP contribution is -2.43. The normalized spacial score (nSPS) is 13.9. The molecule has 1 aliphatic heterocycles. The van der Waals surface area contributed by atoms with Gasteiger partial charge in [-0.3, -0.25) is 9.59 Å². The molecule has 0 bridgehead atoms. The molecule has 8 heteroatoms. The molecule has 7 nitrogen and oxygen atoms in total. The van der Waals surface area contributed by atoms with Crippen LogP contribution in [0.3, 0.4) is 0 Å². The maximum Gasteiger partial charge on any atom is 0.262 e. The van der Waals surface area contributed by atoms with Crippen LogP contribution in [0.5, 0.6) is 5.75 Å². The van der Waals surface area contributed by atoms with Crippen molar-refractivity contribution in [2.45, 2.75) is 6.54 Å². The van der Waals surface area contributed by atoms with Gasteiger partial charge in [0.25, 0.3) is 11.8 Å². The van der Waals surface area contributed by atoms with E-state index in [4.69, 9.17) is 9.47 Å². The first-order valence-electron chi connectivity index (χ1n) is 9.78. The summed E-state index contributed by atoms with van der Waals surface area (Å²) >= 11 is 3.42. The summed E-state index contributed by atoms with van der Waals surface area (Å²) in [6.07, 6.45) is 1.51. The van der Waals surface area contributed by atoms with E-state index in [2.05, 4.69) is 21.2 Å². The van der Waals surface area contributed by atoms with Crippen LogP contribution in [-0.4, -0.2) is 49.6 Å². The molecule has 31 heavy (non-hydrogen) atoms. The van der Waals surface area contributed by atoms with Crippen LogP contribution < -0.4 is 10.1 Å². The van der Waals surface area contributed by atoms with Crippen LogP contribution in [0.15, 0.2) is 58.6 Å². The van der Waals surface area contributed by atoms with Crippen molar-refractivity contribution < 1.29 is 19.1 Å². The number of amides is 2.